The van der Waals surface area contributed by atoms with E-state index in [0.29, 0.717) is 12.8 Å². The number of anilines is 1. The van der Waals surface area contributed by atoms with Crippen LogP contribution in [0.15, 0.2) is 42.5 Å². The first kappa shape index (κ1) is 17.0. The van der Waals surface area contributed by atoms with Gasteiger partial charge in [-0.05, 0) is 37.1 Å². The quantitative estimate of drug-likeness (QED) is 0.925. The first-order valence-corrected chi connectivity index (χ1v) is 7.79. The van der Waals surface area contributed by atoms with Crippen molar-refractivity contribution in [3.05, 3.63) is 65.5 Å². The minimum atomic E-state index is -0.911. The maximum absolute atomic E-state index is 13.8. The van der Waals surface area contributed by atoms with E-state index >= 15 is 0 Å². The molecule has 0 unspecified atom stereocenters. The summed E-state index contributed by atoms with van der Waals surface area (Å²) in [6.45, 7) is 0.269. The molecule has 1 N–H and O–H groups in total. The number of rotatable bonds is 3. The lowest BCUT2D eigenvalue weighted by Gasteiger charge is -2.24. The van der Waals surface area contributed by atoms with E-state index < -0.39 is 41.0 Å². The third kappa shape index (κ3) is 3.35. The van der Waals surface area contributed by atoms with Crippen LogP contribution in [0.5, 0.6) is 0 Å². The van der Waals surface area contributed by atoms with Crippen LogP contribution in [0.2, 0.25) is 0 Å². The summed E-state index contributed by atoms with van der Waals surface area (Å²) in [5.41, 5.74) is -0.697. The molecule has 0 bridgehead atoms. The zero-order valence-corrected chi connectivity index (χ0v) is 13.1. The molecule has 130 valence electrons. The van der Waals surface area contributed by atoms with E-state index in [9.17, 15) is 22.8 Å². The van der Waals surface area contributed by atoms with Gasteiger partial charge in [0.05, 0.1) is 5.56 Å². The minimum absolute atomic E-state index is 0.140. The Kier molecular flexibility index (Phi) is 4.74. The van der Waals surface area contributed by atoms with Crippen LogP contribution < -0.4 is 5.32 Å². The van der Waals surface area contributed by atoms with Crippen LogP contribution in [-0.4, -0.2) is 29.3 Å². The maximum Gasteiger partial charge on any atom is 0.257 e. The van der Waals surface area contributed by atoms with Crippen LogP contribution in [0.1, 0.15) is 23.2 Å². The van der Waals surface area contributed by atoms with Gasteiger partial charge >= 0.3 is 0 Å². The van der Waals surface area contributed by atoms with Gasteiger partial charge in [0, 0.05) is 6.54 Å². The van der Waals surface area contributed by atoms with Crippen LogP contribution in [0.4, 0.5) is 18.9 Å². The van der Waals surface area contributed by atoms with Gasteiger partial charge in [-0.1, -0.05) is 18.2 Å². The number of hydrogen-bond acceptors (Lipinski definition) is 2. The van der Waals surface area contributed by atoms with E-state index in [1.54, 1.807) is 0 Å². The van der Waals surface area contributed by atoms with Gasteiger partial charge < -0.3 is 10.2 Å². The Hall–Kier alpha value is -2.83. The molecule has 2 amide bonds. The lowest BCUT2D eigenvalue weighted by Crippen LogP contribution is -2.43. The lowest BCUT2D eigenvalue weighted by atomic mass is 10.1. The van der Waals surface area contributed by atoms with E-state index in [1.807, 2.05) is 0 Å². The third-order valence-electron chi connectivity index (χ3n) is 4.13. The third-order valence-corrected chi connectivity index (χ3v) is 4.13. The van der Waals surface area contributed by atoms with Crippen molar-refractivity contribution in [3.63, 3.8) is 0 Å². The number of para-hydroxylation sites is 1. The van der Waals surface area contributed by atoms with Crippen LogP contribution in [0.25, 0.3) is 0 Å². The van der Waals surface area contributed by atoms with Gasteiger partial charge in [0.2, 0.25) is 5.91 Å². The molecule has 1 atom stereocenters. The maximum atomic E-state index is 13.8. The average molecular weight is 348 g/mol. The number of carbonyl (C=O) groups excluding carboxylic acids is 2. The van der Waals surface area contributed by atoms with Gasteiger partial charge in [0.15, 0.2) is 0 Å². The second-order valence-electron chi connectivity index (χ2n) is 5.72. The minimum Gasteiger partial charge on any atom is -0.327 e. The Morgan fingerprint density at radius 1 is 0.960 bits per heavy atom. The Labute approximate surface area is 142 Å². The molecule has 0 saturated carbocycles. The summed E-state index contributed by atoms with van der Waals surface area (Å²) in [5.74, 6) is -3.81. The Morgan fingerprint density at radius 3 is 2.28 bits per heavy atom. The number of benzene rings is 2. The molecule has 2 aromatic rings. The Balaban J connectivity index is 1.81. The molecule has 0 aromatic heterocycles. The Bertz CT molecular complexity index is 805. The first-order valence-electron chi connectivity index (χ1n) is 7.79. The van der Waals surface area contributed by atoms with Crippen molar-refractivity contribution in [2.24, 2.45) is 0 Å². The second kappa shape index (κ2) is 6.96. The molecule has 1 saturated heterocycles. The van der Waals surface area contributed by atoms with Crippen LogP contribution >= 0.6 is 0 Å². The Morgan fingerprint density at radius 2 is 1.60 bits per heavy atom. The lowest BCUT2D eigenvalue weighted by molar-refractivity contribution is -0.119. The topological polar surface area (TPSA) is 49.4 Å². The first-order chi connectivity index (χ1) is 12.0. The summed E-state index contributed by atoms with van der Waals surface area (Å²) >= 11 is 0. The largest absolute Gasteiger partial charge is 0.327 e. The van der Waals surface area contributed by atoms with Gasteiger partial charge in [-0.3, -0.25) is 9.59 Å². The SMILES string of the molecule is O=C(Nc1c(F)cccc1F)[C@@H]1CCCN1C(=O)c1ccccc1F. The molecule has 25 heavy (non-hydrogen) atoms. The van der Waals surface area contributed by atoms with Crippen molar-refractivity contribution >= 4 is 17.5 Å². The van der Waals surface area contributed by atoms with E-state index in [-0.39, 0.29) is 12.1 Å². The van der Waals surface area contributed by atoms with Crippen molar-refractivity contribution in [3.8, 4) is 0 Å². The van der Waals surface area contributed by atoms with Gasteiger partial charge in [-0.25, -0.2) is 13.2 Å². The van der Waals surface area contributed by atoms with Crippen molar-refractivity contribution in [2.75, 3.05) is 11.9 Å². The molecular weight excluding hydrogens is 333 g/mol. The van der Waals surface area contributed by atoms with Crippen molar-refractivity contribution in [1.29, 1.82) is 0 Å². The van der Waals surface area contributed by atoms with Gasteiger partial charge in [0.1, 0.15) is 29.2 Å². The van der Waals surface area contributed by atoms with Gasteiger partial charge in [0.25, 0.3) is 5.91 Å². The van der Waals surface area contributed by atoms with Crippen LogP contribution in [0, 0.1) is 17.5 Å². The zero-order valence-electron chi connectivity index (χ0n) is 13.1. The summed E-state index contributed by atoms with van der Waals surface area (Å²) in [4.78, 5) is 26.2. The molecule has 1 aliphatic heterocycles. The van der Waals surface area contributed by atoms with E-state index in [1.165, 1.54) is 29.2 Å². The molecule has 4 nitrogen and oxygen atoms in total. The summed E-state index contributed by atoms with van der Waals surface area (Å²) in [6, 6.07) is 7.80. The highest BCUT2D eigenvalue weighted by atomic mass is 19.1. The summed E-state index contributed by atoms with van der Waals surface area (Å²) < 4.78 is 41.2. The fourth-order valence-electron chi connectivity index (χ4n) is 2.90. The number of nitrogens with zero attached hydrogens (tertiary/aromatic N) is 1. The van der Waals surface area contributed by atoms with E-state index in [2.05, 4.69) is 5.32 Å². The standard InChI is InChI=1S/C18H15F3N2O2/c19-12-6-2-1-5-11(12)18(25)23-10-4-9-15(23)17(24)22-16-13(20)7-3-8-14(16)21/h1-3,5-8,15H,4,9-10H2,(H,22,24)/t15-/m0/s1. The number of halogens is 3. The average Bonchev–Trinajstić information content (AvgIpc) is 3.08. The number of carbonyl (C=O) groups is 2. The number of likely N-dealkylation sites (tertiary alicyclic amines) is 1. The highest BCUT2D eigenvalue weighted by molar-refractivity contribution is 6.01. The summed E-state index contributed by atoms with van der Waals surface area (Å²) in [7, 11) is 0. The molecule has 0 aliphatic carbocycles. The predicted octanol–water partition coefficient (Wildman–Crippen LogP) is 3.35. The molecular formula is C18H15F3N2O2. The van der Waals surface area contributed by atoms with Crippen LogP contribution in [-0.2, 0) is 4.79 Å². The van der Waals surface area contributed by atoms with E-state index in [0.717, 1.165) is 18.2 Å². The molecule has 7 heteroatoms. The smallest absolute Gasteiger partial charge is 0.257 e. The highest BCUT2D eigenvalue weighted by Crippen LogP contribution is 2.24. The molecule has 3 rings (SSSR count). The zero-order chi connectivity index (χ0) is 18.0. The molecule has 0 radical (unpaired) electrons. The fourth-order valence-corrected chi connectivity index (χ4v) is 2.90. The van der Waals surface area contributed by atoms with Gasteiger partial charge in [-0.2, -0.15) is 0 Å². The highest BCUT2D eigenvalue weighted by Gasteiger charge is 2.35. The van der Waals surface area contributed by atoms with E-state index in [4.69, 9.17) is 0 Å². The molecule has 1 fully saturated rings. The van der Waals surface area contributed by atoms with Gasteiger partial charge in [-0.15, -0.1) is 0 Å². The predicted molar refractivity (Wildman–Crippen MR) is 85.4 cm³/mol. The molecule has 1 aliphatic rings. The number of hydrogen-bond donors (Lipinski definition) is 1. The second-order valence-corrected chi connectivity index (χ2v) is 5.72. The van der Waals surface area contributed by atoms with Crippen molar-refractivity contribution in [1.82, 2.24) is 4.90 Å². The van der Waals surface area contributed by atoms with Crippen LogP contribution in [0.3, 0.4) is 0 Å². The normalized spacial score (nSPS) is 16.8. The monoisotopic (exact) mass is 348 g/mol. The van der Waals surface area contributed by atoms with Crippen molar-refractivity contribution in [2.45, 2.75) is 18.9 Å². The van der Waals surface area contributed by atoms with Crippen molar-refractivity contribution < 1.29 is 22.8 Å². The molecule has 0 spiro atoms. The summed E-state index contributed by atoms with van der Waals surface area (Å²) in [5, 5.41) is 2.19. The fraction of sp³-hybridized carbons (Fsp3) is 0.222. The molecule has 2 aromatic carbocycles. The summed E-state index contributed by atoms with van der Waals surface area (Å²) in [6.07, 6.45) is 0.875. The number of amides is 2. The molecule has 1 heterocycles. The number of nitrogens with one attached hydrogen (secondary N) is 1.